The molecule has 59 heavy (non-hydrogen) atoms. The fourth-order valence-electron chi connectivity index (χ4n) is 8.52. The van der Waals surface area contributed by atoms with E-state index in [-0.39, 0.29) is 0 Å². The first-order valence-corrected chi connectivity index (χ1v) is 21.6. The molecule has 278 valence electrons. The molecule has 0 aliphatic rings. The summed E-state index contributed by atoms with van der Waals surface area (Å²) >= 11 is 3.75. The molecule has 11 rings (SSSR count). The minimum absolute atomic E-state index is 1.13. The first-order valence-electron chi connectivity index (χ1n) is 20.0. The Morgan fingerprint density at radius 2 is 1.02 bits per heavy atom. The highest BCUT2D eigenvalue weighted by Crippen LogP contribution is 2.51. The summed E-state index contributed by atoms with van der Waals surface area (Å²) in [5, 5.41) is 5.11. The Hall–Kier alpha value is -7.04. The lowest BCUT2D eigenvalue weighted by atomic mass is 9.93. The van der Waals surface area contributed by atoms with Crippen LogP contribution in [0.5, 0.6) is 0 Å². The van der Waals surface area contributed by atoms with Crippen molar-refractivity contribution in [3.8, 4) is 22.3 Å². The van der Waals surface area contributed by atoms with Gasteiger partial charge in [-0.3, -0.25) is 0 Å². The van der Waals surface area contributed by atoms with Crippen LogP contribution < -0.4 is 4.90 Å². The van der Waals surface area contributed by atoms with Gasteiger partial charge >= 0.3 is 0 Å². The van der Waals surface area contributed by atoms with E-state index < -0.39 is 0 Å². The lowest BCUT2D eigenvalue weighted by Crippen LogP contribution is -2.10. The minimum atomic E-state index is 1.13. The number of thiophene rings is 2. The van der Waals surface area contributed by atoms with Crippen LogP contribution in [-0.4, -0.2) is 0 Å². The largest absolute Gasteiger partial charge is 0.308 e. The summed E-state index contributed by atoms with van der Waals surface area (Å²) in [7, 11) is 0. The summed E-state index contributed by atoms with van der Waals surface area (Å²) in [6.07, 6.45) is 2.34. The maximum Gasteiger partial charge on any atom is 0.0641 e. The minimum Gasteiger partial charge on any atom is -0.308 e. The third kappa shape index (κ3) is 6.42. The molecular formula is C56H37NS2. The highest BCUT2D eigenvalue weighted by molar-refractivity contribution is 7.26. The highest BCUT2D eigenvalue weighted by atomic mass is 32.1. The van der Waals surface area contributed by atoms with E-state index in [0.29, 0.717) is 0 Å². The molecule has 0 spiro atoms. The third-order valence-electron chi connectivity index (χ3n) is 11.3. The Morgan fingerprint density at radius 3 is 1.78 bits per heavy atom. The number of anilines is 3. The van der Waals surface area contributed by atoms with E-state index in [1.165, 1.54) is 96.2 Å². The summed E-state index contributed by atoms with van der Waals surface area (Å²) in [4.78, 5) is 2.50. The van der Waals surface area contributed by atoms with Crippen molar-refractivity contribution >= 4 is 91.7 Å². The number of nitrogens with zero attached hydrogens (tertiary/aromatic N) is 1. The molecule has 1 nitrogen and oxygen atoms in total. The fourth-order valence-corrected chi connectivity index (χ4v) is 10.9. The fraction of sp³-hybridized carbons (Fsp3) is 0. The van der Waals surface area contributed by atoms with Gasteiger partial charge in [0, 0.05) is 41.3 Å². The molecule has 0 unspecified atom stereocenters. The van der Waals surface area contributed by atoms with E-state index in [9.17, 15) is 0 Å². The Labute approximate surface area is 352 Å². The van der Waals surface area contributed by atoms with Gasteiger partial charge in [-0.25, -0.2) is 0 Å². The number of hydrogen-bond donors (Lipinski definition) is 0. The van der Waals surface area contributed by atoms with Gasteiger partial charge in [0.15, 0.2) is 0 Å². The molecule has 2 heterocycles. The summed E-state index contributed by atoms with van der Waals surface area (Å²) in [6.45, 7) is 0. The quantitative estimate of drug-likeness (QED) is 0.139. The first kappa shape index (κ1) is 35.1. The summed E-state index contributed by atoms with van der Waals surface area (Å²) < 4.78 is 5.11. The SMILES string of the molecule is C(=C(/c1ccccc1)c1ccc2sc3cccc(N(c4ccccc4)c4ccc(-c5ccccc5)c5c4sc4ccccc45)c3c2c1)/c1ccc(-c2ccccc2)cc1. The smallest absolute Gasteiger partial charge is 0.0641 e. The van der Waals surface area contributed by atoms with Gasteiger partial charge < -0.3 is 4.90 Å². The summed E-state index contributed by atoms with van der Waals surface area (Å²) in [5.74, 6) is 0. The second-order valence-corrected chi connectivity index (χ2v) is 17.0. The maximum absolute atomic E-state index is 2.50. The van der Waals surface area contributed by atoms with E-state index in [4.69, 9.17) is 0 Å². The van der Waals surface area contributed by atoms with Gasteiger partial charge in [-0.1, -0.05) is 170 Å². The van der Waals surface area contributed by atoms with Gasteiger partial charge in [0.1, 0.15) is 0 Å². The molecule has 0 bridgehead atoms. The molecule has 9 aromatic carbocycles. The second kappa shape index (κ2) is 15.0. The van der Waals surface area contributed by atoms with Crippen molar-refractivity contribution in [2.45, 2.75) is 0 Å². The van der Waals surface area contributed by atoms with Crippen LogP contribution in [0.4, 0.5) is 17.1 Å². The monoisotopic (exact) mass is 787 g/mol. The molecule has 0 atom stereocenters. The van der Waals surface area contributed by atoms with E-state index in [0.717, 1.165) is 5.69 Å². The average Bonchev–Trinajstić information content (AvgIpc) is 3.89. The predicted octanol–water partition coefficient (Wildman–Crippen LogP) is 16.8. The molecular weight excluding hydrogens is 751 g/mol. The zero-order chi connectivity index (χ0) is 39.1. The van der Waals surface area contributed by atoms with E-state index in [2.05, 4.69) is 229 Å². The van der Waals surface area contributed by atoms with E-state index in [1.54, 1.807) is 0 Å². The summed E-state index contributed by atoms with van der Waals surface area (Å²) in [6, 6.07) is 79.4. The van der Waals surface area contributed by atoms with Gasteiger partial charge in [0.05, 0.1) is 16.1 Å². The molecule has 2 aromatic heterocycles. The Balaban J connectivity index is 1.12. The van der Waals surface area contributed by atoms with Crippen molar-refractivity contribution < 1.29 is 0 Å². The molecule has 0 N–H and O–H groups in total. The van der Waals surface area contributed by atoms with E-state index >= 15 is 0 Å². The van der Waals surface area contributed by atoms with Crippen LogP contribution >= 0.6 is 22.7 Å². The number of rotatable bonds is 8. The van der Waals surface area contributed by atoms with Crippen molar-refractivity contribution in [1.82, 2.24) is 0 Å². The van der Waals surface area contributed by atoms with Gasteiger partial charge in [0.2, 0.25) is 0 Å². The zero-order valence-corrected chi connectivity index (χ0v) is 33.8. The molecule has 0 aliphatic heterocycles. The molecule has 0 aliphatic carbocycles. The molecule has 0 saturated carbocycles. The number of hydrogen-bond acceptors (Lipinski definition) is 3. The number of benzene rings is 9. The first-order chi connectivity index (χ1) is 29.3. The molecule has 0 amide bonds. The highest BCUT2D eigenvalue weighted by Gasteiger charge is 2.23. The Kier molecular flexibility index (Phi) is 8.96. The summed E-state index contributed by atoms with van der Waals surface area (Å²) in [5.41, 5.74) is 13.2. The molecule has 11 aromatic rings. The van der Waals surface area contributed by atoms with Gasteiger partial charge in [-0.15, -0.1) is 22.7 Å². The maximum atomic E-state index is 2.50. The number of fused-ring (bicyclic) bond motifs is 6. The standard InChI is InChI=1S/C56H37NS2/c1-5-16-39(17-6-1)40-30-28-38(29-31-40)36-47(42-20-9-3-10-21-42)43-32-35-52-48(37-43)55-49(25-15-27-53(55)58-52)57(44-22-11-4-12-23-44)50-34-33-45(41-18-7-2-8-19-41)54-46-24-13-14-26-51(46)59-56(50)54/h1-37H/b47-36+. The van der Waals surface area contributed by atoms with Crippen molar-refractivity contribution in [1.29, 1.82) is 0 Å². The Morgan fingerprint density at radius 1 is 0.390 bits per heavy atom. The predicted molar refractivity (Wildman–Crippen MR) is 258 cm³/mol. The van der Waals surface area contributed by atoms with Crippen LogP contribution in [0.25, 0.3) is 74.2 Å². The molecule has 3 heteroatoms. The lowest BCUT2D eigenvalue weighted by Gasteiger charge is -2.27. The molecule has 0 radical (unpaired) electrons. The van der Waals surface area contributed by atoms with Crippen LogP contribution in [0.3, 0.4) is 0 Å². The van der Waals surface area contributed by atoms with Crippen molar-refractivity contribution in [2.24, 2.45) is 0 Å². The van der Waals surface area contributed by atoms with Crippen molar-refractivity contribution in [3.05, 3.63) is 235 Å². The van der Waals surface area contributed by atoms with Crippen LogP contribution in [-0.2, 0) is 0 Å². The Bertz CT molecular complexity index is 3290. The lowest BCUT2D eigenvalue weighted by molar-refractivity contribution is 1.32. The normalized spacial score (nSPS) is 11.8. The third-order valence-corrected chi connectivity index (χ3v) is 13.6. The van der Waals surface area contributed by atoms with Crippen molar-refractivity contribution in [3.63, 3.8) is 0 Å². The van der Waals surface area contributed by atoms with Gasteiger partial charge in [-0.2, -0.15) is 0 Å². The van der Waals surface area contributed by atoms with Crippen LogP contribution in [0.15, 0.2) is 218 Å². The topological polar surface area (TPSA) is 3.24 Å². The van der Waals surface area contributed by atoms with Gasteiger partial charge in [0.25, 0.3) is 0 Å². The second-order valence-electron chi connectivity index (χ2n) is 14.8. The van der Waals surface area contributed by atoms with Crippen LogP contribution in [0.1, 0.15) is 16.7 Å². The number of para-hydroxylation sites is 1. The zero-order valence-electron chi connectivity index (χ0n) is 32.1. The molecule has 0 fully saturated rings. The van der Waals surface area contributed by atoms with E-state index in [1.807, 2.05) is 22.7 Å². The van der Waals surface area contributed by atoms with Crippen molar-refractivity contribution in [2.75, 3.05) is 4.90 Å². The van der Waals surface area contributed by atoms with Crippen LogP contribution in [0, 0.1) is 0 Å². The van der Waals surface area contributed by atoms with Crippen LogP contribution in [0.2, 0.25) is 0 Å². The average molecular weight is 788 g/mol. The molecule has 0 saturated heterocycles. The van der Waals surface area contributed by atoms with Gasteiger partial charge in [-0.05, 0) is 99.1 Å².